The number of furan rings is 1. The summed E-state index contributed by atoms with van der Waals surface area (Å²) < 4.78 is 23.4. The fourth-order valence-corrected chi connectivity index (χ4v) is 11.9. The fraction of sp³-hybridized carbons (Fsp3) is 0.288. The molecule has 6 heteroatoms. The van der Waals surface area contributed by atoms with E-state index in [0.717, 1.165) is 68.9 Å². The van der Waals surface area contributed by atoms with Crippen LogP contribution >= 0.6 is 0 Å². The average molecular weight is 851 g/mol. The van der Waals surface area contributed by atoms with Gasteiger partial charge in [0.2, 0.25) is 0 Å². The van der Waals surface area contributed by atoms with Gasteiger partial charge in [-0.15, -0.1) is 0 Å². The quantitative estimate of drug-likeness (QED) is 0.154. The van der Waals surface area contributed by atoms with Crippen molar-refractivity contribution in [2.45, 2.75) is 111 Å². The Hall–Kier alpha value is -6.40. The van der Waals surface area contributed by atoms with Crippen molar-refractivity contribution in [1.82, 2.24) is 4.48 Å². The first-order valence-corrected chi connectivity index (χ1v) is 23.6. The molecule has 65 heavy (non-hydrogen) atoms. The van der Waals surface area contributed by atoms with Crippen LogP contribution in [0.2, 0.25) is 0 Å². The van der Waals surface area contributed by atoms with E-state index in [1.807, 2.05) is 24.3 Å². The first-order chi connectivity index (χ1) is 30.9. The highest BCUT2D eigenvalue weighted by Gasteiger charge is 2.47. The lowest BCUT2D eigenvalue weighted by atomic mass is 9.45. The number of hydrogen-bond donors (Lipinski definition) is 0. The molecule has 0 amide bonds. The normalized spacial score (nSPS) is 16.5. The van der Waals surface area contributed by atoms with Crippen LogP contribution in [-0.4, -0.2) is 11.3 Å². The Morgan fingerprint density at radius 1 is 0.569 bits per heavy atom. The molecule has 0 atom stereocenters. The van der Waals surface area contributed by atoms with Gasteiger partial charge in [-0.05, 0) is 141 Å². The average Bonchev–Trinajstić information content (AvgIpc) is 3.80. The Morgan fingerprint density at radius 3 is 1.92 bits per heavy atom. The van der Waals surface area contributed by atoms with E-state index in [2.05, 4.69) is 170 Å². The van der Waals surface area contributed by atoms with E-state index >= 15 is 0 Å². The largest absolute Gasteiger partial charge is 0.455 e. The smallest absolute Gasteiger partial charge is 0.333 e. The molecule has 0 saturated carbocycles. The zero-order chi connectivity index (χ0) is 44.9. The molecule has 0 radical (unpaired) electrons. The van der Waals surface area contributed by atoms with E-state index < -0.39 is 0 Å². The van der Waals surface area contributed by atoms with Crippen molar-refractivity contribution in [2.75, 3.05) is 4.90 Å². The molecule has 0 spiro atoms. The van der Waals surface area contributed by atoms with Gasteiger partial charge < -0.3 is 23.3 Å². The van der Waals surface area contributed by atoms with Gasteiger partial charge in [-0.1, -0.05) is 112 Å². The number of para-hydroxylation sites is 3. The standard InChI is InChI=1S/C59H55BN2O3/c1-32-24-40-41(59(10,11)23-22-58(40,8)9)29-44(32)61-45-31-51-50(63-48-18-14-15-19-49(48)64-51)30-42(45)60-53-46(61)28-38-35-16-12-13-17-47(35)65-55(38)52(53)39-27-34(57(5,6)7)26-37-36-25-33(56(2,3)4)20-21-43(36)62(60)54(37)39/h12-21,24-31H,22-23H2,1-11H3. The number of nitrogens with zero attached hydrogens (tertiary/aromatic N) is 2. The van der Waals surface area contributed by atoms with Crippen LogP contribution in [0.1, 0.15) is 110 Å². The van der Waals surface area contributed by atoms with Crippen LogP contribution in [-0.2, 0) is 21.7 Å². The second kappa shape index (κ2) is 12.5. The van der Waals surface area contributed by atoms with E-state index in [0.29, 0.717) is 5.75 Å². The Kier molecular flexibility index (Phi) is 7.49. The summed E-state index contributed by atoms with van der Waals surface area (Å²) in [5.41, 5.74) is 19.3. The zero-order valence-corrected chi connectivity index (χ0v) is 39.5. The molecule has 5 heterocycles. The van der Waals surface area contributed by atoms with Crippen molar-refractivity contribution in [3.63, 3.8) is 0 Å². The maximum atomic E-state index is 7.17. The second-order valence-electron chi connectivity index (χ2n) is 22.9. The van der Waals surface area contributed by atoms with Crippen molar-refractivity contribution < 1.29 is 13.9 Å². The molecule has 4 aliphatic rings. The van der Waals surface area contributed by atoms with Crippen molar-refractivity contribution in [3.8, 4) is 34.1 Å². The lowest BCUT2D eigenvalue weighted by molar-refractivity contribution is 0.332. The highest BCUT2D eigenvalue weighted by atomic mass is 16.6. The van der Waals surface area contributed by atoms with E-state index in [9.17, 15) is 0 Å². The van der Waals surface area contributed by atoms with Crippen LogP contribution in [0.5, 0.6) is 23.0 Å². The van der Waals surface area contributed by atoms with Gasteiger partial charge >= 0.3 is 6.85 Å². The van der Waals surface area contributed by atoms with Crippen LogP contribution in [0.15, 0.2) is 114 Å². The molecule has 0 saturated heterocycles. The van der Waals surface area contributed by atoms with Gasteiger partial charge in [-0.3, -0.25) is 0 Å². The number of aryl methyl sites for hydroxylation is 1. The Bertz CT molecular complexity index is 3610. The predicted octanol–water partition coefficient (Wildman–Crippen LogP) is 15.3. The summed E-state index contributed by atoms with van der Waals surface area (Å²) in [6, 6.07) is 40.8. The molecule has 0 unspecified atom stereocenters. The molecule has 3 aliphatic heterocycles. The molecule has 13 rings (SSSR count). The lowest BCUT2D eigenvalue weighted by Crippen LogP contribution is -2.56. The van der Waals surface area contributed by atoms with Crippen LogP contribution in [0, 0.1) is 6.92 Å². The topological polar surface area (TPSA) is 39.8 Å². The van der Waals surface area contributed by atoms with Crippen molar-refractivity contribution in [3.05, 3.63) is 137 Å². The fourth-order valence-electron chi connectivity index (χ4n) is 11.9. The summed E-state index contributed by atoms with van der Waals surface area (Å²) in [7, 11) is 0. The maximum Gasteiger partial charge on any atom is 0.333 e. The van der Waals surface area contributed by atoms with Crippen LogP contribution < -0.4 is 25.3 Å². The van der Waals surface area contributed by atoms with Crippen LogP contribution in [0.3, 0.4) is 0 Å². The van der Waals surface area contributed by atoms with Gasteiger partial charge in [0, 0.05) is 66.8 Å². The third-order valence-electron chi connectivity index (χ3n) is 15.7. The molecule has 1 aliphatic carbocycles. The number of rotatable bonds is 1. The number of benzene rings is 7. The third kappa shape index (κ3) is 5.28. The summed E-state index contributed by atoms with van der Waals surface area (Å²) in [5.74, 6) is 2.88. The summed E-state index contributed by atoms with van der Waals surface area (Å²) in [5, 5.41) is 4.80. The molecule has 322 valence electrons. The molecule has 7 aromatic carbocycles. The maximum absolute atomic E-state index is 7.17. The van der Waals surface area contributed by atoms with Gasteiger partial charge in [-0.25, -0.2) is 0 Å². The van der Waals surface area contributed by atoms with Crippen LogP contribution in [0.4, 0.5) is 17.1 Å². The number of ether oxygens (including phenoxy) is 2. The highest BCUT2D eigenvalue weighted by molar-refractivity contribution is 6.90. The molecule has 0 bridgehead atoms. The zero-order valence-electron chi connectivity index (χ0n) is 39.5. The van der Waals surface area contributed by atoms with Gasteiger partial charge in [0.05, 0.1) is 0 Å². The lowest BCUT2D eigenvalue weighted by Gasteiger charge is -2.45. The number of anilines is 3. The Labute approximate surface area is 382 Å². The Morgan fingerprint density at radius 2 is 1.22 bits per heavy atom. The molecular weight excluding hydrogens is 795 g/mol. The van der Waals surface area contributed by atoms with E-state index in [-0.39, 0.29) is 28.5 Å². The number of hydrogen-bond acceptors (Lipinski definition) is 4. The van der Waals surface area contributed by atoms with Crippen molar-refractivity contribution >= 4 is 78.6 Å². The van der Waals surface area contributed by atoms with Gasteiger partial charge in [0.25, 0.3) is 0 Å². The number of aromatic nitrogens is 1. The molecule has 9 aromatic rings. The summed E-state index contributed by atoms with van der Waals surface area (Å²) in [6.07, 6.45) is 2.30. The molecule has 0 N–H and O–H groups in total. The Balaban J connectivity index is 1.23. The highest BCUT2D eigenvalue weighted by Crippen LogP contribution is 2.55. The van der Waals surface area contributed by atoms with Crippen molar-refractivity contribution in [2.24, 2.45) is 0 Å². The van der Waals surface area contributed by atoms with Gasteiger partial charge in [-0.2, -0.15) is 0 Å². The van der Waals surface area contributed by atoms with E-state index in [1.165, 1.54) is 71.9 Å². The molecule has 5 nitrogen and oxygen atoms in total. The minimum absolute atomic E-state index is 0.0129. The molecule has 0 fully saturated rings. The van der Waals surface area contributed by atoms with Gasteiger partial charge in [0.1, 0.15) is 11.2 Å². The van der Waals surface area contributed by atoms with E-state index in [1.54, 1.807) is 0 Å². The summed E-state index contributed by atoms with van der Waals surface area (Å²) >= 11 is 0. The predicted molar refractivity (Wildman–Crippen MR) is 271 cm³/mol. The SMILES string of the molecule is Cc1cc2c(cc1N1c3cc4c(cc3B3c5c1cc1c(oc6ccccc61)c5-c1cc(C(C)(C)C)cc5c6cc(C(C)(C)C)ccc6n3c15)Oc1ccccc1O4)C(C)(C)CCC2(C)C. The second-order valence-corrected chi connectivity index (χ2v) is 22.9. The minimum atomic E-state index is -0.211. The summed E-state index contributed by atoms with van der Waals surface area (Å²) in [4.78, 5) is 2.57. The third-order valence-corrected chi connectivity index (χ3v) is 15.7. The first kappa shape index (κ1) is 39.0. The molecular formula is C59H55BN2O3. The number of fused-ring (bicyclic) bond motifs is 14. The first-order valence-electron chi connectivity index (χ1n) is 23.6. The van der Waals surface area contributed by atoms with Gasteiger partial charge in [0.15, 0.2) is 23.0 Å². The monoisotopic (exact) mass is 850 g/mol. The minimum Gasteiger partial charge on any atom is -0.455 e. The van der Waals surface area contributed by atoms with E-state index in [4.69, 9.17) is 13.9 Å². The molecule has 2 aromatic heterocycles. The van der Waals surface area contributed by atoms with Crippen molar-refractivity contribution in [1.29, 1.82) is 0 Å². The summed E-state index contributed by atoms with van der Waals surface area (Å²) in [6.45, 7) is 25.8. The van der Waals surface area contributed by atoms with Crippen LogP contribution in [0.25, 0.3) is 54.9 Å².